The third-order valence-corrected chi connectivity index (χ3v) is 16.7. The summed E-state index contributed by atoms with van der Waals surface area (Å²) >= 11 is 0. The fourth-order valence-electron chi connectivity index (χ4n) is 11.1. The predicted octanol–water partition coefficient (Wildman–Crippen LogP) is 8.71. The van der Waals surface area contributed by atoms with Crippen LogP contribution in [-0.2, 0) is 33.2 Å². The molecule has 12 N–H and O–H groups in total. The van der Waals surface area contributed by atoms with Gasteiger partial charge in [0.1, 0.15) is 73.2 Å². The van der Waals surface area contributed by atoms with Crippen LogP contribution in [-0.4, -0.2) is 193 Å². The van der Waals surface area contributed by atoms with Crippen LogP contribution in [0.5, 0.6) is 0 Å². The van der Waals surface area contributed by atoms with E-state index < -0.39 is 124 Å². The first-order chi connectivity index (χ1) is 43.3. The number of carbonyl (C=O) groups excluding carboxylic acids is 1. The summed E-state index contributed by atoms with van der Waals surface area (Å²) in [6.07, 6.45) is 38.7. The maximum absolute atomic E-state index is 13.4. The number of aliphatic hydroxyl groups excluding tert-OH is 11. The summed E-state index contributed by atoms with van der Waals surface area (Å²) in [6, 6.07) is -0.998. The van der Waals surface area contributed by atoms with Crippen molar-refractivity contribution in [2.45, 2.75) is 324 Å². The van der Waals surface area contributed by atoms with Crippen LogP contribution >= 0.6 is 0 Å². The van der Waals surface area contributed by atoms with E-state index in [-0.39, 0.29) is 18.9 Å². The zero-order chi connectivity index (χ0) is 64.7. The van der Waals surface area contributed by atoms with Gasteiger partial charge in [0.25, 0.3) is 0 Å². The van der Waals surface area contributed by atoms with Crippen molar-refractivity contribution >= 4 is 5.91 Å². The Labute approximate surface area is 533 Å². The molecule has 0 aromatic carbocycles. The first kappa shape index (κ1) is 80.2. The van der Waals surface area contributed by atoms with Crippen LogP contribution in [0.25, 0.3) is 0 Å². The molecule has 19 heteroatoms. The lowest BCUT2D eigenvalue weighted by Crippen LogP contribution is -2.66. The molecule has 0 spiro atoms. The molecular formula is C70H121NO18. The molecule has 0 saturated carbocycles. The average Bonchev–Trinajstić information content (AvgIpc) is 1.92. The van der Waals surface area contributed by atoms with Crippen LogP contribution in [0.2, 0.25) is 0 Å². The van der Waals surface area contributed by atoms with Crippen molar-refractivity contribution in [3.05, 3.63) is 85.1 Å². The molecule has 3 saturated heterocycles. The predicted molar refractivity (Wildman–Crippen MR) is 346 cm³/mol. The van der Waals surface area contributed by atoms with E-state index >= 15 is 0 Å². The third-order valence-electron chi connectivity index (χ3n) is 16.7. The van der Waals surface area contributed by atoms with Gasteiger partial charge in [-0.2, -0.15) is 0 Å². The number of unbranched alkanes of at least 4 members (excludes halogenated alkanes) is 23. The van der Waals surface area contributed by atoms with E-state index in [1.54, 1.807) is 6.08 Å². The summed E-state index contributed by atoms with van der Waals surface area (Å²) in [5.74, 6) is -0.292. The van der Waals surface area contributed by atoms with E-state index in [0.29, 0.717) is 12.8 Å². The van der Waals surface area contributed by atoms with Crippen LogP contribution in [0.4, 0.5) is 0 Å². The summed E-state index contributed by atoms with van der Waals surface area (Å²) in [5, 5.41) is 120. The van der Waals surface area contributed by atoms with Gasteiger partial charge in [-0.3, -0.25) is 4.79 Å². The molecule has 0 aromatic heterocycles. The Balaban J connectivity index is 1.38. The lowest BCUT2D eigenvalue weighted by molar-refractivity contribution is -0.379. The van der Waals surface area contributed by atoms with Gasteiger partial charge in [-0.1, -0.05) is 214 Å². The number of nitrogens with one attached hydrogen (secondary N) is 1. The van der Waals surface area contributed by atoms with Gasteiger partial charge in [0.15, 0.2) is 18.9 Å². The Bertz CT molecular complexity index is 1940. The molecule has 0 radical (unpaired) electrons. The third kappa shape index (κ3) is 33.6. The van der Waals surface area contributed by atoms with Gasteiger partial charge in [0, 0.05) is 6.42 Å². The van der Waals surface area contributed by atoms with Crippen molar-refractivity contribution < 1.29 is 89.4 Å². The minimum absolute atomic E-state index is 0.229. The Morgan fingerprint density at radius 3 is 1.26 bits per heavy atom. The number of aliphatic hydroxyl groups is 11. The largest absolute Gasteiger partial charge is 0.394 e. The van der Waals surface area contributed by atoms with Crippen LogP contribution < -0.4 is 5.32 Å². The maximum Gasteiger partial charge on any atom is 0.220 e. The Morgan fingerprint density at radius 2 is 0.787 bits per heavy atom. The summed E-state index contributed by atoms with van der Waals surface area (Å²) in [7, 11) is 0. The SMILES string of the molecule is CC/C=C\C/C=C\C/C=C\C/C=C\CCCCCCCCCCCCCCCCCCCCC(=O)NC(COC1OC(CO)C(OC2OC(CO)C(OC3OC(CO)C(O)C(O)C3O)C(O)C2O)C(O)C1O)C(O)/C=C/CC/C=C/CC/C=C/CCCCC. The number of hydrogen-bond donors (Lipinski definition) is 12. The van der Waals surface area contributed by atoms with Gasteiger partial charge < -0.3 is 89.9 Å². The minimum Gasteiger partial charge on any atom is -0.394 e. The fraction of sp³-hybridized carbons (Fsp3) is 0.786. The molecule has 0 aromatic rings. The molecule has 0 bridgehead atoms. The first-order valence-electron chi connectivity index (χ1n) is 34.3. The molecule has 1 amide bonds. The molecule has 0 aliphatic carbocycles. The molecule has 17 atom stereocenters. The fourth-order valence-corrected chi connectivity index (χ4v) is 11.1. The number of amides is 1. The van der Waals surface area contributed by atoms with Crippen molar-refractivity contribution in [3.8, 4) is 0 Å². The standard InChI is InChI=1S/C70H121NO18/c1-3-5-7-9-11-13-15-17-18-19-20-21-22-23-24-25-26-27-28-29-30-31-32-33-34-36-38-40-42-44-46-48-58(76)71-53(54(75)47-45-43-41-39-37-35-16-14-12-10-8-6-4-2)52-84-68-64(82)61(79)66(56(50-73)86-68)89-70-65(83)62(80)67(57(51-74)87-70)88-69-63(81)60(78)59(77)55(49-72)85-69/h5,7,11-14,17-18,20-21,37,39,45,47,53-57,59-70,72-75,77-83H,3-4,6,8-10,15-16,19,22-36,38,40-44,46,48-52H2,1-2H3,(H,71,76)/b7-5-,13-11-,14-12+,18-17-,21-20-,39-37+,47-45+. The van der Waals surface area contributed by atoms with E-state index in [9.17, 15) is 61.0 Å². The van der Waals surface area contributed by atoms with E-state index in [0.717, 1.165) is 70.6 Å². The van der Waals surface area contributed by atoms with Crippen molar-refractivity contribution in [3.63, 3.8) is 0 Å². The van der Waals surface area contributed by atoms with E-state index in [2.05, 4.69) is 92.1 Å². The highest BCUT2D eigenvalue weighted by molar-refractivity contribution is 5.76. The molecule has 89 heavy (non-hydrogen) atoms. The normalized spacial score (nSPS) is 28.8. The molecule has 3 fully saturated rings. The van der Waals surface area contributed by atoms with Crippen molar-refractivity contribution in [1.29, 1.82) is 0 Å². The van der Waals surface area contributed by atoms with Gasteiger partial charge in [0.05, 0.1) is 38.6 Å². The highest BCUT2D eigenvalue weighted by Crippen LogP contribution is 2.33. The molecule has 514 valence electrons. The zero-order valence-electron chi connectivity index (χ0n) is 54.1. The van der Waals surface area contributed by atoms with E-state index in [1.807, 2.05) is 6.08 Å². The van der Waals surface area contributed by atoms with Crippen LogP contribution in [0.1, 0.15) is 219 Å². The number of hydrogen-bond acceptors (Lipinski definition) is 18. The first-order valence-corrected chi connectivity index (χ1v) is 34.3. The van der Waals surface area contributed by atoms with E-state index in [1.165, 1.54) is 116 Å². The zero-order valence-corrected chi connectivity index (χ0v) is 54.1. The van der Waals surface area contributed by atoms with Gasteiger partial charge in [-0.15, -0.1) is 0 Å². The lowest BCUT2D eigenvalue weighted by Gasteiger charge is -2.48. The highest BCUT2D eigenvalue weighted by atomic mass is 16.8. The molecule has 19 nitrogen and oxygen atoms in total. The van der Waals surface area contributed by atoms with Gasteiger partial charge in [-0.05, 0) is 83.5 Å². The van der Waals surface area contributed by atoms with Crippen molar-refractivity contribution in [2.24, 2.45) is 0 Å². The van der Waals surface area contributed by atoms with Gasteiger partial charge in [0.2, 0.25) is 5.91 Å². The number of carbonyl (C=O) groups is 1. The summed E-state index contributed by atoms with van der Waals surface area (Å²) in [6.45, 7) is 1.54. The molecule has 3 rings (SSSR count). The van der Waals surface area contributed by atoms with Crippen molar-refractivity contribution in [2.75, 3.05) is 26.4 Å². The Kier molecular flexibility index (Phi) is 46.3. The highest BCUT2D eigenvalue weighted by Gasteiger charge is 2.53. The quantitative estimate of drug-likeness (QED) is 0.0200. The van der Waals surface area contributed by atoms with Gasteiger partial charge >= 0.3 is 0 Å². The smallest absolute Gasteiger partial charge is 0.220 e. The minimum atomic E-state index is -1.98. The second-order valence-corrected chi connectivity index (χ2v) is 24.2. The van der Waals surface area contributed by atoms with Crippen LogP contribution in [0.3, 0.4) is 0 Å². The monoisotopic (exact) mass is 1260 g/mol. The number of allylic oxidation sites excluding steroid dienone is 13. The average molecular weight is 1260 g/mol. The topological polar surface area (TPSA) is 307 Å². The van der Waals surface area contributed by atoms with Crippen LogP contribution in [0, 0.1) is 0 Å². The Morgan fingerprint density at radius 1 is 0.416 bits per heavy atom. The molecule has 17 unspecified atom stereocenters. The van der Waals surface area contributed by atoms with Gasteiger partial charge in [-0.25, -0.2) is 0 Å². The summed E-state index contributed by atoms with van der Waals surface area (Å²) in [4.78, 5) is 13.4. The second-order valence-electron chi connectivity index (χ2n) is 24.2. The Hall–Kier alpha value is -3.03. The summed E-state index contributed by atoms with van der Waals surface area (Å²) in [5.41, 5.74) is 0. The van der Waals surface area contributed by atoms with Crippen molar-refractivity contribution in [1.82, 2.24) is 5.32 Å². The van der Waals surface area contributed by atoms with E-state index in [4.69, 9.17) is 28.4 Å². The molecule has 3 aliphatic rings. The molecule has 3 aliphatic heterocycles. The maximum atomic E-state index is 13.4. The van der Waals surface area contributed by atoms with Crippen LogP contribution in [0.15, 0.2) is 85.1 Å². The molecule has 3 heterocycles. The second kappa shape index (κ2) is 51.4. The molecular weight excluding hydrogens is 1140 g/mol. The number of rotatable bonds is 51. The number of ether oxygens (including phenoxy) is 6. The summed E-state index contributed by atoms with van der Waals surface area (Å²) < 4.78 is 34.3. The lowest BCUT2D eigenvalue weighted by atomic mass is 9.96.